The van der Waals surface area contributed by atoms with Crippen LogP contribution in [0.3, 0.4) is 0 Å². The lowest BCUT2D eigenvalue weighted by Gasteiger charge is -2.21. The first-order chi connectivity index (χ1) is 8.58. The summed E-state index contributed by atoms with van der Waals surface area (Å²) in [5, 5.41) is 5.69. The maximum atomic E-state index is 11.6. The van der Waals surface area contributed by atoms with E-state index in [2.05, 4.69) is 10.6 Å². The molecule has 1 fully saturated rings. The molecular formula is C13H26N2O2S. The van der Waals surface area contributed by atoms with Gasteiger partial charge in [0.1, 0.15) is 0 Å². The predicted molar refractivity (Wildman–Crippen MR) is 76.1 cm³/mol. The summed E-state index contributed by atoms with van der Waals surface area (Å²) in [6, 6.07) is -0.172. The third-order valence-electron chi connectivity index (χ3n) is 3.43. The first-order valence-electron chi connectivity index (χ1n) is 6.92. The Morgan fingerprint density at radius 2 is 2.00 bits per heavy atom. The van der Waals surface area contributed by atoms with Crippen LogP contribution in [0.15, 0.2) is 0 Å². The van der Waals surface area contributed by atoms with Crippen LogP contribution in [0, 0.1) is 5.92 Å². The molecule has 0 aromatic rings. The van der Waals surface area contributed by atoms with E-state index in [1.54, 1.807) is 6.26 Å². The van der Waals surface area contributed by atoms with Gasteiger partial charge in [-0.05, 0) is 19.3 Å². The molecule has 1 aliphatic carbocycles. The molecule has 1 rings (SSSR count). The molecule has 0 radical (unpaired) electrons. The van der Waals surface area contributed by atoms with Gasteiger partial charge in [-0.2, -0.15) is 0 Å². The zero-order chi connectivity index (χ0) is 13.4. The van der Waals surface area contributed by atoms with Gasteiger partial charge in [-0.3, -0.25) is 4.21 Å². The minimum Gasteiger partial charge on any atom is -0.338 e. The quantitative estimate of drug-likeness (QED) is 0.778. The zero-order valence-corrected chi connectivity index (χ0v) is 12.4. The first kappa shape index (κ1) is 15.5. The lowest BCUT2D eigenvalue weighted by atomic mass is 9.87. The molecule has 5 heteroatoms. The van der Waals surface area contributed by atoms with Crippen molar-refractivity contribution < 1.29 is 9.00 Å². The summed E-state index contributed by atoms with van der Waals surface area (Å²) in [5.41, 5.74) is 0. The van der Waals surface area contributed by atoms with Crippen molar-refractivity contribution in [2.75, 3.05) is 18.6 Å². The fourth-order valence-corrected chi connectivity index (χ4v) is 3.32. The highest BCUT2D eigenvalue weighted by molar-refractivity contribution is 7.84. The van der Waals surface area contributed by atoms with E-state index >= 15 is 0 Å². The smallest absolute Gasteiger partial charge is 0.315 e. The third-order valence-corrected chi connectivity index (χ3v) is 4.39. The second-order valence-corrected chi connectivity index (χ2v) is 6.81. The van der Waals surface area contributed by atoms with Crippen LogP contribution in [0.2, 0.25) is 0 Å². The van der Waals surface area contributed by atoms with Crippen LogP contribution in [0.4, 0.5) is 4.79 Å². The van der Waals surface area contributed by atoms with Gasteiger partial charge in [0.15, 0.2) is 0 Å². The van der Waals surface area contributed by atoms with Crippen molar-refractivity contribution >= 4 is 16.8 Å². The van der Waals surface area contributed by atoms with E-state index in [4.69, 9.17) is 0 Å². The summed E-state index contributed by atoms with van der Waals surface area (Å²) in [6.45, 7) is 2.63. The van der Waals surface area contributed by atoms with E-state index in [-0.39, 0.29) is 12.1 Å². The minimum absolute atomic E-state index is 0.0366. The molecule has 1 saturated carbocycles. The summed E-state index contributed by atoms with van der Waals surface area (Å²) in [6.07, 6.45) is 9.42. The van der Waals surface area contributed by atoms with Gasteiger partial charge in [0.05, 0.1) is 0 Å². The molecule has 0 spiro atoms. The highest BCUT2D eigenvalue weighted by Gasteiger charge is 2.13. The summed E-state index contributed by atoms with van der Waals surface area (Å²) >= 11 is 0. The van der Waals surface area contributed by atoms with Crippen LogP contribution in [-0.4, -0.2) is 34.8 Å². The zero-order valence-electron chi connectivity index (χ0n) is 11.5. The van der Waals surface area contributed by atoms with E-state index in [0.29, 0.717) is 5.75 Å². The van der Waals surface area contributed by atoms with Crippen LogP contribution < -0.4 is 10.6 Å². The van der Waals surface area contributed by atoms with Gasteiger partial charge in [0.2, 0.25) is 0 Å². The predicted octanol–water partition coefficient (Wildman–Crippen LogP) is 2.02. The molecule has 0 aromatic heterocycles. The first-order valence-corrected chi connectivity index (χ1v) is 8.65. The molecule has 106 valence electrons. The van der Waals surface area contributed by atoms with E-state index in [1.807, 2.05) is 6.92 Å². The maximum absolute atomic E-state index is 11.6. The Morgan fingerprint density at radius 1 is 1.33 bits per heavy atom. The maximum Gasteiger partial charge on any atom is 0.315 e. The largest absolute Gasteiger partial charge is 0.338 e. The van der Waals surface area contributed by atoms with Crippen molar-refractivity contribution in [3.8, 4) is 0 Å². The third kappa shape index (κ3) is 6.99. The monoisotopic (exact) mass is 274 g/mol. The van der Waals surface area contributed by atoms with Crippen molar-refractivity contribution in [3.05, 3.63) is 0 Å². The molecule has 18 heavy (non-hydrogen) atoms. The lowest BCUT2D eigenvalue weighted by Crippen LogP contribution is -2.43. The Bertz CT molecular complexity index is 278. The summed E-state index contributed by atoms with van der Waals surface area (Å²) in [5.74, 6) is 1.30. The highest BCUT2D eigenvalue weighted by Crippen LogP contribution is 2.25. The SMILES string of the molecule is CC(CS(C)=O)NC(=O)NCCC1CCCCC1. The second kappa shape index (κ2) is 8.51. The number of carbonyl (C=O) groups excluding carboxylic acids is 1. The van der Waals surface area contributed by atoms with Crippen molar-refractivity contribution in [1.29, 1.82) is 0 Å². The fraction of sp³-hybridized carbons (Fsp3) is 0.923. The average molecular weight is 274 g/mol. The van der Waals surface area contributed by atoms with Crippen LogP contribution in [0.25, 0.3) is 0 Å². The van der Waals surface area contributed by atoms with Gasteiger partial charge >= 0.3 is 6.03 Å². The minimum atomic E-state index is -0.864. The molecule has 0 heterocycles. The molecule has 0 bridgehead atoms. The van der Waals surface area contributed by atoms with Gasteiger partial charge in [-0.1, -0.05) is 32.1 Å². The van der Waals surface area contributed by atoms with Crippen molar-refractivity contribution in [3.63, 3.8) is 0 Å². The Labute approximate surface area is 113 Å². The lowest BCUT2D eigenvalue weighted by molar-refractivity contribution is 0.236. The number of urea groups is 1. The van der Waals surface area contributed by atoms with E-state index in [0.717, 1.165) is 18.9 Å². The van der Waals surface area contributed by atoms with Gasteiger partial charge in [0, 0.05) is 35.4 Å². The normalized spacial score (nSPS) is 20.1. The van der Waals surface area contributed by atoms with Crippen molar-refractivity contribution in [1.82, 2.24) is 10.6 Å². The Hall–Kier alpha value is -0.580. The number of rotatable bonds is 6. The second-order valence-electron chi connectivity index (χ2n) is 5.33. The fourth-order valence-electron chi connectivity index (χ4n) is 2.53. The van der Waals surface area contributed by atoms with Gasteiger partial charge in [-0.25, -0.2) is 4.79 Å². The molecule has 2 N–H and O–H groups in total. The van der Waals surface area contributed by atoms with Gasteiger partial charge in [0.25, 0.3) is 0 Å². The summed E-state index contributed by atoms with van der Waals surface area (Å²) in [4.78, 5) is 11.6. The average Bonchev–Trinajstić information content (AvgIpc) is 2.29. The molecule has 0 aliphatic heterocycles. The van der Waals surface area contributed by atoms with Crippen LogP contribution in [-0.2, 0) is 10.8 Å². The van der Waals surface area contributed by atoms with Crippen LogP contribution in [0.1, 0.15) is 45.4 Å². The topological polar surface area (TPSA) is 58.2 Å². The molecular weight excluding hydrogens is 248 g/mol. The standard InChI is InChI=1S/C13H26N2O2S/c1-11(10-18(2)17)15-13(16)14-9-8-12-6-4-3-5-7-12/h11-12H,3-10H2,1-2H3,(H2,14,15,16). The Balaban J connectivity index is 2.07. The number of hydrogen-bond donors (Lipinski definition) is 2. The molecule has 4 nitrogen and oxygen atoms in total. The molecule has 0 aromatic carbocycles. The van der Waals surface area contributed by atoms with E-state index < -0.39 is 10.8 Å². The molecule has 0 saturated heterocycles. The Morgan fingerprint density at radius 3 is 2.61 bits per heavy atom. The number of hydrogen-bond acceptors (Lipinski definition) is 2. The van der Waals surface area contributed by atoms with Gasteiger partial charge in [-0.15, -0.1) is 0 Å². The van der Waals surface area contributed by atoms with Crippen molar-refractivity contribution in [2.24, 2.45) is 5.92 Å². The van der Waals surface area contributed by atoms with E-state index in [1.165, 1.54) is 32.1 Å². The molecule has 2 unspecified atom stereocenters. The van der Waals surface area contributed by atoms with E-state index in [9.17, 15) is 9.00 Å². The molecule has 2 amide bonds. The number of nitrogens with one attached hydrogen (secondary N) is 2. The number of carbonyl (C=O) groups is 1. The molecule has 2 atom stereocenters. The summed E-state index contributed by atoms with van der Waals surface area (Å²) < 4.78 is 11.0. The summed E-state index contributed by atoms with van der Waals surface area (Å²) in [7, 11) is -0.864. The Kier molecular flexibility index (Phi) is 7.32. The van der Waals surface area contributed by atoms with Gasteiger partial charge < -0.3 is 10.6 Å². The highest BCUT2D eigenvalue weighted by atomic mass is 32.2. The number of amides is 2. The molecule has 1 aliphatic rings. The van der Waals surface area contributed by atoms with Crippen molar-refractivity contribution in [2.45, 2.75) is 51.5 Å². The van der Waals surface area contributed by atoms with Crippen LogP contribution >= 0.6 is 0 Å². The van der Waals surface area contributed by atoms with Crippen LogP contribution in [0.5, 0.6) is 0 Å².